The van der Waals surface area contributed by atoms with Gasteiger partial charge < -0.3 is 24.8 Å². The summed E-state index contributed by atoms with van der Waals surface area (Å²) >= 11 is 0. The molecule has 0 aliphatic rings. The molecule has 1 rings (SSSR count). The van der Waals surface area contributed by atoms with Crippen LogP contribution >= 0.6 is 0 Å². The summed E-state index contributed by atoms with van der Waals surface area (Å²) in [5.74, 6) is 2.64. The SMILES string of the molecule is CN=C(NCCN(C(C)C)C(C)C)NCc1ccc(OC)c(OC)c1OC. The summed E-state index contributed by atoms with van der Waals surface area (Å²) in [6, 6.07) is 4.85. The topological polar surface area (TPSA) is 67.4 Å². The van der Waals surface area contributed by atoms with Gasteiger partial charge in [0.25, 0.3) is 0 Å². The molecule has 7 heteroatoms. The Kier molecular flexibility index (Phi) is 9.78. The van der Waals surface area contributed by atoms with Crippen LogP contribution in [0.5, 0.6) is 17.2 Å². The Hall–Kier alpha value is -2.15. The second-order valence-electron chi connectivity index (χ2n) is 6.77. The second kappa shape index (κ2) is 11.5. The van der Waals surface area contributed by atoms with Gasteiger partial charge in [-0.1, -0.05) is 0 Å². The highest BCUT2D eigenvalue weighted by Gasteiger charge is 2.16. The quantitative estimate of drug-likeness (QED) is 0.480. The van der Waals surface area contributed by atoms with Gasteiger partial charge in [0.1, 0.15) is 0 Å². The average molecular weight is 381 g/mol. The predicted octanol–water partition coefficient (Wildman–Crippen LogP) is 2.50. The van der Waals surface area contributed by atoms with Gasteiger partial charge in [-0.3, -0.25) is 9.89 Å². The van der Waals surface area contributed by atoms with Crippen molar-refractivity contribution >= 4 is 5.96 Å². The number of methoxy groups -OCH3 is 3. The van der Waals surface area contributed by atoms with Crippen molar-refractivity contribution in [3.63, 3.8) is 0 Å². The van der Waals surface area contributed by atoms with E-state index in [1.807, 2.05) is 12.1 Å². The van der Waals surface area contributed by atoms with Crippen molar-refractivity contribution in [1.82, 2.24) is 15.5 Å². The molecule has 0 aliphatic heterocycles. The zero-order chi connectivity index (χ0) is 20.4. The number of guanidine groups is 1. The summed E-state index contributed by atoms with van der Waals surface area (Å²) in [5.41, 5.74) is 0.962. The van der Waals surface area contributed by atoms with Gasteiger partial charge in [-0.15, -0.1) is 0 Å². The fourth-order valence-corrected chi connectivity index (χ4v) is 3.12. The van der Waals surface area contributed by atoms with E-state index in [9.17, 15) is 0 Å². The summed E-state index contributed by atoms with van der Waals surface area (Å²) in [6.07, 6.45) is 0. The lowest BCUT2D eigenvalue weighted by molar-refractivity contribution is 0.178. The molecule has 27 heavy (non-hydrogen) atoms. The number of ether oxygens (including phenoxy) is 3. The molecule has 2 N–H and O–H groups in total. The minimum absolute atomic E-state index is 0.512. The monoisotopic (exact) mass is 380 g/mol. The molecule has 0 spiro atoms. The van der Waals surface area contributed by atoms with Crippen LogP contribution in [-0.2, 0) is 6.54 Å². The van der Waals surface area contributed by atoms with Gasteiger partial charge in [-0.05, 0) is 39.8 Å². The Bertz CT molecular complexity index is 595. The van der Waals surface area contributed by atoms with Gasteiger partial charge in [0.05, 0.1) is 21.3 Å². The van der Waals surface area contributed by atoms with Crippen LogP contribution in [0.3, 0.4) is 0 Å². The van der Waals surface area contributed by atoms with Crippen LogP contribution in [0, 0.1) is 0 Å². The Balaban J connectivity index is 2.70. The molecule has 0 unspecified atom stereocenters. The molecule has 0 amide bonds. The van der Waals surface area contributed by atoms with Crippen LogP contribution in [0.4, 0.5) is 0 Å². The van der Waals surface area contributed by atoms with Crippen molar-refractivity contribution in [3.05, 3.63) is 17.7 Å². The molecular formula is C20H36N4O3. The van der Waals surface area contributed by atoms with E-state index in [4.69, 9.17) is 14.2 Å². The molecule has 0 saturated heterocycles. The normalized spacial score (nSPS) is 11.9. The van der Waals surface area contributed by atoms with Gasteiger partial charge in [-0.2, -0.15) is 0 Å². The van der Waals surface area contributed by atoms with Crippen molar-refractivity contribution in [2.45, 2.75) is 46.3 Å². The first-order valence-electron chi connectivity index (χ1n) is 9.37. The van der Waals surface area contributed by atoms with Crippen LogP contribution in [0.25, 0.3) is 0 Å². The number of nitrogens with one attached hydrogen (secondary N) is 2. The van der Waals surface area contributed by atoms with Gasteiger partial charge in [0.15, 0.2) is 17.5 Å². The first-order valence-corrected chi connectivity index (χ1v) is 9.37. The van der Waals surface area contributed by atoms with Gasteiger partial charge in [0, 0.05) is 44.3 Å². The van der Waals surface area contributed by atoms with Gasteiger partial charge in [0.2, 0.25) is 5.75 Å². The fraction of sp³-hybridized carbons (Fsp3) is 0.650. The molecule has 0 aromatic heterocycles. The summed E-state index contributed by atoms with van der Waals surface area (Å²) in [7, 11) is 6.61. The van der Waals surface area contributed by atoms with Crippen LogP contribution in [0.1, 0.15) is 33.3 Å². The number of nitrogens with zero attached hydrogens (tertiary/aromatic N) is 2. The first kappa shape index (κ1) is 22.9. The number of benzene rings is 1. The van der Waals surface area contributed by atoms with Crippen LogP contribution in [0.15, 0.2) is 17.1 Å². The molecule has 0 fully saturated rings. The Morgan fingerprint density at radius 2 is 1.59 bits per heavy atom. The predicted molar refractivity (Wildman–Crippen MR) is 111 cm³/mol. The highest BCUT2D eigenvalue weighted by atomic mass is 16.5. The third kappa shape index (κ3) is 6.50. The van der Waals surface area contributed by atoms with E-state index in [1.165, 1.54) is 0 Å². The van der Waals surface area contributed by atoms with Gasteiger partial charge >= 0.3 is 0 Å². The van der Waals surface area contributed by atoms with E-state index in [0.717, 1.165) is 24.6 Å². The number of hydrogen-bond donors (Lipinski definition) is 2. The second-order valence-corrected chi connectivity index (χ2v) is 6.77. The summed E-state index contributed by atoms with van der Waals surface area (Å²) in [6.45, 7) is 11.2. The Morgan fingerprint density at radius 3 is 2.07 bits per heavy atom. The minimum atomic E-state index is 0.512. The standard InChI is InChI=1S/C20H36N4O3/c1-14(2)24(15(3)4)12-11-22-20(21-5)23-13-16-9-10-17(25-6)19(27-8)18(16)26-7/h9-10,14-15H,11-13H2,1-8H3,(H2,21,22,23). The molecule has 0 aliphatic carbocycles. The molecule has 7 nitrogen and oxygen atoms in total. The van der Waals surface area contributed by atoms with Gasteiger partial charge in [-0.25, -0.2) is 0 Å². The maximum Gasteiger partial charge on any atom is 0.203 e. The van der Waals surface area contributed by atoms with Crippen molar-refractivity contribution < 1.29 is 14.2 Å². The lowest BCUT2D eigenvalue weighted by atomic mass is 10.1. The van der Waals surface area contributed by atoms with Crippen molar-refractivity contribution in [2.75, 3.05) is 41.5 Å². The third-order valence-corrected chi connectivity index (χ3v) is 4.44. The van der Waals surface area contributed by atoms with Crippen molar-refractivity contribution in [2.24, 2.45) is 4.99 Å². The number of rotatable bonds is 10. The average Bonchev–Trinajstić information content (AvgIpc) is 2.65. The summed E-state index contributed by atoms with van der Waals surface area (Å²) in [5, 5.41) is 6.69. The largest absolute Gasteiger partial charge is 0.493 e. The maximum absolute atomic E-state index is 5.53. The molecule has 154 valence electrons. The van der Waals surface area contributed by atoms with E-state index in [0.29, 0.717) is 35.9 Å². The van der Waals surface area contributed by atoms with Crippen molar-refractivity contribution in [3.8, 4) is 17.2 Å². The Labute approximate surface area is 164 Å². The van der Waals surface area contributed by atoms with E-state index < -0.39 is 0 Å². The van der Waals surface area contributed by atoms with E-state index in [-0.39, 0.29) is 0 Å². The molecule has 0 radical (unpaired) electrons. The first-order chi connectivity index (χ1) is 12.9. The molecule has 1 aromatic carbocycles. The van der Waals surface area contributed by atoms with Crippen LogP contribution in [0.2, 0.25) is 0 Å². The minimum Gasteiger partial charge on any atom is -0.493 e. The van der Waals surface area contributed by atoms with E-state index in [2.05, 4.69) is 48.2 Å². The number of hydrogen-bond acceptors (Lipinski definition) is 5. The fourth-order valence-electron chi connectivity index (χ4n) is 3.12. The number of aliphatic imine (C=N–C) groups is 1. The highest BCUT2D eigenvalue weighted by Crippen LogP contribution is 2.39. The molecular weight excluding hydrogens is 344 g/mol. The zero-order valence-electron chi connectivity index (χ0n) is 18.0. The van der Waals surface area contributed by atoms with Crippen LogP contribution < -0.4 is 24.8 Å². The lowest BCUT2D eigenvalue weighted by Crippen LogP contribution is -2.45. The molecule has 0 atom stereocenters. The summed E-state index contributed by atoms with van der Waals surface area (Å²) < 4.78 is 16.3. The van der Waals surface area contributed by atoms with E-state index >= 15 is 0 Å². The summed E-state index contributed by atoms with van der Waals surface area (Å²) in [4.78, 5) is 6.74. The van der Waals surface area contributed by atoms with Crippen molar-refractivity contribution in [1.29, 1.82) is 0 Å². The van der Waals surface area contributed by atoms with Crippen LogP contribution in [-0.4, -0.2) is 64.4 Å². The van der Waals surface area contributed by atoms with E-state index in [1.54, 1.807) is 28.4 Å². The molecule has 0 saturated carbocycles. The Morgan fingerprint density at radius 1 is 0.963 bits per heavy atom. The molecule has 1 aromatic rings. The third-order valence-electron chi connectivity index (χ3n) is 4.44. The maximum atomic E-state index is 5.53. The lowest BCUT2D eigenvalue weighted by Gasteiger charge is -2.30. The molecule has 0 bridgehead atoms. The molecule has 0 heterocycles. The highest BCUT2D eigenvalue weighted by molar-refractivity contribution is 5.79. The zero-order valence-corrected chi connectivity index (χ0v) is 18.0. The smallest absolute Gasteiger partial charge is 0.203 e.